The molecule has 0 amide bonds. The van der Waals surface area contributed by atoms with Crippen LogP contribution in [0.1, 0.15) is 31.2 Å². The van der Waals surface area contributed by atoms with Gasteiger partial charge in [-0.15, -0.1) is 0 Å². The van der Waals surface area contributed by atoms with Gasteiger partial charge in [0.05, 0.1) is 18.2 Å². The maximum atomic E-state index is 14.3. The second-order valence-electron chi connectivity index (χ2n) is 7.55. The number of likely N-dealkylation sites (tertiary alicyclic amines) is 1. The van der Waals surface area contributed by atoms with E-state index in [0.717, 1.165) is 12.8 Å². The molecule has 32 heavy (non-hydrogen) atoms. The number of nitriles is 1. The van der Waals surface area contributed by atoms with Gasteiger partial charge in [0.1, 0.15) is 18.2 Å². The Bertz CT molecular complexity index is 1040. The van der Waals surface area contributed by atoms with E-state index in [1.54, 1.807) is 13.0 Å². The number of carbonyl (C=O) groups excluding carboxylic acids is 1. The number of carbonyl (C=O) groups is 1. The number of nitrogens with zero attached hydrogens (tertiary/aromatic N) is 4. The molecule has 1 aliphatic heterocycles. The highest BCUT2D eigenvalue weighted by Crippen LogP contribution is 2.31. The molecule has 2 heterocycles. The largest absolute Gasteiger partial charge is 0.474 e. The van der Waals surface area contributed by atoms with Crippen LogP contribution in [0.25, 0.3) is 0 Å². The van der Waals surface area contributed by atoms with Gasteiger partial charge in [-0.2, -0.15) is 5.26 Å². The van der Waals surface area contributed by atoms with E-state index < -0.39 is 16.6 Å². The summed E-state index contributed by atoms with van der Waals surface area (Å²) in [6.07, 6.45) is 4.71. The molecule has 0 N–H and O–H groups in total. The number of rotatable bonds is 9. The molecule has 1 aromatic heterocycles. The van der Waals surface area contributed by atoms with Crippen molar-refractivity contribution in [2.75, 3.05) is 25.9 Å². The molecule has 0 radical (unpaired) electrons. The van der Waals surface area contributed by atoms with Gasteiger partial charge in [-0.05, 0) is 38.0 Å². The Labute approximate surface area is 188 Å². The molecule has 170 valence electrons. The average Bonchev–Trinajstić information content (AvgIpc) is 2.77. The van der Waals surface area contributed by atoms with Crippen LogP contribution in [0.4, 0.5) is 4.39 Å². The molecule has 2 aromatic rings. The van der Waals surface area contributed by atoms with Gasteiger partial charge in [0.25, 0.3) is 0 Å². The molecular formula is C22H25FN4O4S. The average molecular weight is 461 g/mol. The van der Waals surface area contributed by atoms with E-state index in [0.29, 0.717) is 36.0 Å². The van der Waals surface area contributed by atoms with E-state index in [1.807, 2.05) is 6.07 Å². The van der Waals surface area contributed by atoms with Crippen molar-refractivity contribution in [2.24, 2.45) is 0 Å². The van der Waals surface area contributed by atoms with Gasteiger partial charge in [-0.3, -0.25) is 13.9 Å². The van der Waals surface area contributed by atoms with Gasteiger partial charge in [0.2, 0.25) is 11.8 Å². The molecule has 0 saturated carbocycles. The Morgan fingerprint density at radius 2 is 2.03 bits per heavy atom. The quantitative estimate of drug-likeness (QED) is 0.562. The van der Waals surface area contributed by atoms with E-state index in [1.165, 1.54) is 24.7 Å². The molecule has 1 aromatic carbocycles. The lowest BCUT2D eigenvalue weighted by Crippen LogP contribution is -2.40. The van der Waals surface area contributed by atoms with Crippen molar-refractivity contribution in [1.29, 1.82) is 5.26 Å². The predicted octanol–water partition coefficient (Wildman–Crippen LogP) is 3.17. The fourth-order valence-corrected chi connectivity index (χ4v) is 3.88. The van der Waals surface area contributed by atoms with Crippen molar-refractivity contribution in [3.8, 4) is 23.6 Å². The summed E-state index contributed by atoms with van der Waals surface area (Å²) in [6, 6.07) is 6.13. The highest BCUT2D eigenvalue weighted by molar-refractivity contribution is 7.84. The van der Waals surface area contributed by atoms with Crippen molar-refractivity contribution in [1.82, 2.24) is 14.9 Å². The number of halogens is 1. The zero-order chi connectivity index (χ0) is 23.1. The first kappa shape index (κ1) is 23.8. The van der Waals surface area contributed by atoms with Gasteiger partial charge in [0.15, 0.2) is 11.6 Å². The van der Waals surface area contributed by atoms with Crippen LogP contribution in [0.3, 0.4) is 0 Å². The highest BCUT2D eigenvalue weighted by Gasteiger charge is 2.24. The smallest absolute Gasteiger partial charge is 0.229 e. The second-order valence-corrected chi connectivity index (χ2v) is 8.93. The number of aromatic nitrogens is 2. The fraction of sp³-hybridized carbons (Fsp3) is 0.455. The van der Waals surface area contributed by atoms with Crippen molar-refractivity contribution in [3.05, 3.63) is 35.9 Å². The number of hydrogen-bond donors (Lipinski definition) is 0. The Morgan fingerprint density at radius 1 is 1.31 bits per heavy atom. The van der Waals surface area contributed by atoms with Crippen LogP contribution in [0.5, 0.6) is 17.5 Å². The summed E-state index contributed by atoms with van der Waals surface area (Å²) in [6.45, 7) is 3.52. The minimum Gasteiger partial charge on any atom is -0.474 e. The summed E-state index contributed by atoms with van der Waals surface area (Å²) in [7, 11) is -1.29. The lowest BCUT2D eigenvalue weighted by Gasteiger charge is -2.31. The van der Waals surface area contributed by atoms with E-state index in [2.05, 4.69) is 14.9 Å². The van der Waals surface area contributed by atoms with Gasteiger partial charge < -0.3 is 9.47 Å². The summed E-state index contributed by atoms with van der Waals surface area (Å²) < 4.78 is 37.5. The number of piperidine rings is 1. The third kappa shape index (κ3) is 6.31. The number of hydrogen-bond acceptors (Lipinski definition) is 8. The second kappa shape index (κ2) is 11.1. The van der Waals surface area contributed by atoms with Gasteiger partial charge >= 0.3 is 0 Å². The van der Waals surface area contributed by atoms with Crippen LogP contribution < -0.4 is 9.47 Å². The van der Waals surface area contributed by atoms with Crippen LogP contribution in [0.2, 0.25) is 0 Å². The molecule has 3 rings (SSSR count). The summed E-state index contributed by atoms with van der Waals surface area (Å²) in [5.74, 6) is -0.0361. The lowest BCUT2D eigenvalue weighted by atomic mass is 10.1. The van der Waals surface area contributed by atoms with Crippen LogP contribution in [0, 0.1) is 24.1 Å². The first-order valence-corrected chi connectivity index (χ1v) is 11.8. The van der Waals surface area contributed by atoms with Crippen molar-refractivity contribution in [2.45, 2.75) is 43.6 Å². The van der Waals surface area contributed by atoms with Crippen LogP contribution in [-0.4, -0.2) is 56.9 Å². The summed E-state index contributed by atoms with van der Waals surface area (Å²) >= 11 is 0. The number of ether oxygens (including phenoxy) is 2. The minimum absolute atomic E-state index is 0.0266. The zero-order valence-corrected chi connectivity index (χ0v) is 18.9. The number of Topliss-reactive ketones (excluding diaryl/α,β-unsaturated/α-hetero) is 1. The SMILES string of the molecule is Cc1c(Oc2ccc(S(C)=O)cc2F)ncnc1OC1CCN(CC(=O)CCC#N)CC1. The molecule has 1 saturated heterocycles. The molecule has 1 fully saturated rings. The fourth-order valence-electron chi connectivity index (χ4n) is 3.35. The molecule has 1 aliphatic rings. The summed E-state index contributed by atoms with van der Waals surface area (Å²) in [4.78, 5) is 22.6. The molecule has 0 aliphatic carbocycles. The van der Waals surface area contributed by atoms with Crippen molar-refractivity contribution in [3.63, 3.8) is 0 Å². The number of ketones is 1. The Balaban J connectivity index is 1.59. The van der Waals surface area contributed by atoms with Crippen molar-refractivity contribution < 1.29 is 22.9 Å². The molecule has 1 atom stereocenters. The van der Waals surface area contributed by atoms with Crippen LogP contribution in [-0.2, 0) is 15.6 Å². The molecule has 0 bridgehead atoms. The monoisotopic (exact) mass is 460 g/mol. The Morgan fingerprint density at radius 3 is 2.69 bits per heavy atom. The maximum Gasteiger partial charge on any atom is 0.229 e. The van der Waals surface area contributed by atoms with E-state index in [9.17, 15) is 13.4 Å². The van der Waals surface area contributed by atoms with E-state index in [-0.39, 0.29) is 36.4 Å². The topological polar surface area (TPSA) is 105 Å². The first-order valence-electron chi connectivity index (χ1n) is 10.3. The molecule has 0 spiro atoms. The third-order valence-electron chi connectivity index (χ3n) is 5.16. The minimum atomic E-state index is -1.29. The van der Waals surface area contributed by atoms with Crippen LogP contribution in [0.15, 0.2) is 29.4 Å². The van der Waals surface area contributed by atoms with E-state index in [4.69, 9.17) is 14.7 Å². The normalized spacial score (nSPS) is 15.7. The molecule has 8 nitrogen and oxygen atoms in total. The summed E-state index contributed by atoms with van der Waals surface area (Å²) in [5, 5.41) is 8.58. The highest BCUT2D eigenvalue weighted by atomic mass is 32.2. The van der Waals surface area contributed by atoms with Gasteiger partial charge in [-0.1, -0.05) is 0 Å². The molecule has 10 heteroatoms. The zero-order valence-electron chi connectivity index (χ0n) is 18.0. The van der Waals surface area contributed by atoms with Crippen LogP contribution >= 0.6 is 0 Å². The van der Waals surface area contributed by atoms with Gasteiger partial charge in [-0.25, -0.2) is 14.4 Å². The predicted molar refractivity (Wildman–Crippen MR) is 116 cm³/mol. The lowest BCUT2D eigenvalue weighted by molar-refractivity contribution is -0.120. The van der Waals surface area contributed by atoms with Gasteiger partial charge in [0, 0.05) is 47.9 Å². The maximum absolute atomic E-state index is 14.3. The Kier molecular flexibility index (Phi) is 8.25. The number of benzene rings is 1. The van der Waals surface area contributed by atoms with Crippen molar-refractivity contribution >= 4 is 16.6 Å². The third-order valence-corrected chi connectivity index (χ3v) is 6.08. The molecule has 1 unspecified atom stereocenters. The standard InChI is InChI=1S/C22H25FN4O4S/c1-15-21(30-17-7-10-27(11-8-17)13-16(28)4-3-9-24)25-14-26-22(15)31-20-6-5-18(32(2)29)12-19(20)23/h5-6,12,14,17H,3-4,7-8,10-11,13H2,1-2H3. The Hall–Kier alpha value is -2.90. The molecular weight excluding hydrogens is 435 g/mol. The van der Waals surface area contributed by atoms with E-state index >= 15 is 0 Å². The first-order chi connectivity index (χ1) is 15.4. The summed E-state index contributed by atoms with van der Waals surface area (Å²) in [5.41, 5.74) is 0.546.